The lowest BCUT2D eigenvalue weighted by Crippen LogP contribution is -2.47. The monoisotopic (exact) mass is 284 g/mol. The lowest BCUT2D eigenvalue weighted by Gasteiger charge is -2.30. The number of aromatic nitrogens is 2. The number of aryl methyl sites for hydroxylation is 1. The van der Waals surface area contributed by atoms with Gasteiger partial charge in [-0.05, 0) is 43.9 Å². The zero-order chi connectivity index (χ0) is 14.4. The molecule has 2 unspecified atom stereocenters. The average molecular weight is 284 g/mol. The molecule has 1 N–H and O–H groups in total. The Morgan fingerprint density at radius 3 is 3.19 bits per heavy atom. The zero-order valence-corrected chi connectivity index (χ0v) is 12.2. The lowest BCUT2D eigenvalue weighted by atomic mass is 9.97. The van der Waals surface area contributed by atoms with Crippen molar-refractivity contribution in [1.29, 1.82) is 0 Å². The Bertz CT molecular complexity index is 681. The predicted molar refractivity (Wildman–Crippen MR) is 80.3 cm³/mol. The van der Waals surface area contributed by atoms with Crippen LogP contribution in [0.5, 0.6) is 0 Å². The van der Waals surface area contributed by atoms with Crippen molar-refractivity contribution in [2.24, 2.45) is 5.92 Å². The van der Waals surface area contributed by atoms with Gasteiger partial charge in [-0.15, -0.1) is 0 Å². The first kappa shape index (κ1) is 12.8. The normalized spacial score (nSPS) is 28.0. The van der Waals surface area contributed by atoms with Crippen molar-refractivity contribution >= 4 is 11.4 Å². The molecule has 21 heavy (non-hydrogen) atoms. The first-order valence-corrected chi connectivity index (χ1v) is 7.65. The van der Waals surface area contributed by atoms with Crippen molar-refractivity contribution in [2.45, 2.75) is 25.8 Å². The van der Waals surface area contributed by atoms with Gasteiger partial charge in [0.15, 0.2) is 0 Å². The maximum absolute atomic E-state index is 12.4. The fourth-order valence-corrected chi connectivity index (χ4v) is 3.68. The van der Waals surface area contributed by atoms with Crippen molar-refractivity contribution in [2.75, 3.05) is 19.6 Å². The van der Waals surface area contributed by atoms with E-state index in [1.54, 1.807) is 6.20 Å². The number of fused-ring (bicyclic) bond motifs is 3. The summed E-state index contributed by atoms with van der Waals surface area (Å²) in [5.41, 5.74) is 2.71. The Balaban J connectivity index is 1.50. The van der Waals surface area contributed by atoms with Gasteiger partial charge in [0.25, 0.3) is 5.91 Å². The second-order valence-corrected chi connectivity index (χ2v) is 6.38. The van der Waals surface area contributed by atoms with Gasteiger partial charge in [-0.25, -0.2) is 4.98 Å². The number of piperidine rings is 1. The van der Waals surface area contributed by atoms with Crippen molar-refractivity contribution in [3.05, 3.63) is 35.9 Å². The molecule has 2 fully saturated rings. The molecule has 2 bridgehead atoms. The number of rotatable bonds is 2. The van der Waals surface area contributed by atoms with E-state index in [0.29, 0.717) is 5.69 Å². The van der Waals surface area contributed by atoms with Crippen LogP contribution in [-0.2, 0) is 0 Å². The van der Waals surface area contributed by atoms with Crippen LogP contribution in [0.25, 0.3) is 5.52 Å². The van der Waals surface area contributed by atoms with Gasteiger partial charge in [0.1, 0.15) is 5.69 Å². The third-order valence-corrected chi connectivity index (χ3v) is 4.79. The van der Waals surface area contributed by atoms with Crippen LogP contribution in [0, 0.1) is 12.8 Å². The van der Waals surface area contributed by atoms with Gasteiger partial charge < -0.3 is 14.6 Å². The van der Waals surface area contributed by atoms with E-state index in [0.717, 1.165) is 24.4 Å². The molecular formula is C16H20N4O. The fourth-order valence-electron chi connectivity index (χ4n) is 3.68. The highest BCUT2D eigenvalue weighted by molar-refractivity contribution is 5.92. The van der Waals surface area contributed by atoms with Crippen LogP contribution >= 0.6 is 0 Å². The van der Waals surface area contributed by atoms with Crippen LogP contribution in [0.4, 0.5) is 0 Å². The molecule has 0 radical (unpaired) electrons. The molecule has 2 aliphatic heterocycles. The lowest BCUT2D eigenvalue weighted by molar-refractivity contribution is 0.0904. The molecule has 5 heteroatoms. The van der Waals surface area contributed by atoms with E-state index in [2.05, 4.69) is 15.2 Å². The standard InChI is InChI=1S/C16H20N4O/c1-11-2-5-20-10-14(17-7-15(11)20)16(21)18-13-6-12-3-4-19(8-12)9-13/h2,5,7,10,12-13H,3-4,6,8-9H2,1H3,(H,18,21)/t12?,13-/m1/s1. The van der Waals surface area contributed by atoms with Crippen LogP contribution < -0.4 is 5.32 Å². The number of amides is 1. The highest BCUT2D eigenvalue weighted by Gasteiger charge is 2.33. The van der Waals surface area contributed by atoms with Crippen molar-refractivity contribution < 1.29 is 4.79 Å². The molecule has 3 atom stereocenters. The Hall–Kier alpha value is -1.88. The third-order valence-electron chi connectivity index (χ3n) is 4.79. The first-order valence-electron chi connectivity index (χ1n) is 7.65. The van der Waals surface area contributed by atoms with E-state index in [-0.39, 0.29) is 11.9 Å². The molecule has 0 aromatic carbocycles. The van der Waals surface area contributed by atoms with Crippen molar-refractivity contribution in [3.63, 3.8) is 0 Å². The molecule has 4 heterocycles. The maximum atomic E-state index is 12.4. The molecule has 2 aliphatic rings. The minimum absolute atomic E-state index is 0.0595. The van der Waals surface area contributed by atoms with E-state index >= 15 is 0 Å². The molecule has 2 saturated heterocycles. The molecule has 4 rings (SSSR count). The topological polar surface area (TPSA) is 49.6 Å². The largest absolute Gasteiger partial charge is 0.347 e. The molecule has 0 saturated carbocycles. The summed E-state index contributed by atoms with van der Waals surface area (Å²) >= 11 is 0. The van der Waals surface area contributed by atoms with Crippen molar-refractivity contribution in [3.8, 4) is 0 Å². The van der Waals surface area contributed by atoms with Crippen LogP contribution in [0.2, 0.25) is 0 Å². The highest BCUT2D eigenvalue weighted by Crippen LogP contribution is 2.26. The molecule has 1 amide bonds. The summed E-state index contributed by atoms with van der Waals surface area (Å²) in [5.74, 6) is 0.697. The maximum Gasteiger partial charge on any atom is 0.271 e. The Morgan fingerprint density at radius 2 is 2.33 bits per heavy atom. The van der Waals surface area contributed by atoms with Gasteiger partial charge in [-0.3, -0.25) is 4.79 Å². The first-order chi connectivity index (χ1) is 10.2. The Morgan fingerprint density at radius 1 is 1.43 bits per heavy atom. The second kappa shape index (κ2) is 4.84. The van der Waals surface area contributed by atoms with Crippen LogP contribution in [-0.4, -0.2) is 45.9 Å². The summed E-state index contributed by atoms with van der Waals surface area (Å²) in [5, 5.41) is 3.15. The van der Waals surface area contributed by atoms with Crippen LogP contribution in [0.15, 0.2) is 24.7 Å². The second-order valence-electron chi connectivity index (χ2n) is 6.38. The molecular weight excluding hydrogens is 264 g/mol. The molecule has 0 aliphatic carbocycles. The predicted octanol–water partition coefficient (Wildman–Crippen LogP) is 1.47. The minimum atomic E-state index is -0.0595. The quantitative estimate of drug-likeness (QED) is 0.908. The van der Waals surface area contributed by atoms with Gasteiger partial charge in [-0.2, -0.15) is 0 Å². The average Bonchev–Trinajstić information content (AvgIpc) is 3.02. The van der Waals surface area contributed by atoms with E-state index < -0.39 is 0 Å². The van der Waals surface area contributed by atoms with Crippen LogP contribution in [0.1, 0.15) is 28.9 Å². The van der Waals surface area contributed by atoms with Crippen LogP contribution in [0.3, 0.4) is 0 Å². The van der Waals surface area contributed by atoms with E-state index in [9.17, 15) is 4.79 Å². The summed E-state index contributed by atoms with van der Waals surface area (Å²) in [4.78, 5) is 19.2. The van der Waals surface area contributed by atoms with Gasteiger partial charge in [-0.1, -0.05) is 0 Å². The van der Waals surface area contributed by atoms with Gasteiger partial charge in [0.05, 0.1) is 11.7 Å². The van der Waals surface area contributed by atoms with E-state index in [1.165, 1.54) is 25.1 Å². The number of nitrogens with zero attached hydrogens (tertiary/aromatic N) is 3. The number of carbonyl (C=O) groups excluding carboxylic acids is 1. The number of nitrogens with one attached hydrogen (secondary N) is 1. The van der Waals surface area contributed by atoms with E-state index in [1.807, 2.05) is 29.8 Å². The summed E-state index contributed by atoms with van der Waals surface area (Å²) < 4.78 is 1.96. The van der Waals surface area contributed by atoms with Gasteiger partial charge in [0, 0.05) is 31.5 Å². The molecule has 5 nitrogen and oxygen atoms in total. The van der Waals surface area contributed by atoms with Crippen molar-refractivity contribution in [1.82, 2.24) is 19.6 Å². The molecule has 2 aromatic rings. The Labute approximate surface area is 124 Å². The smallest absolute Gasteiger partial charge is 0.271 e. The summed E-state index contributed by atoms with van der Waals surface area (Å²) in [7, 11) is 0. The highest BCUT2D eigenvalue weighted by atomic mass is 16.2. The molecule has 2 aromatic heterocycles. The third kappa shape index (κ3) is 2.31. The summed E-state index contributed by atoms with van der Waals surface area (Å²) in [6.45, 7) is 5.42. The SMILES string of the molecule is Cc1ccn2cc(C(=O)N[C@@H]3CC4CCN(C4)C3)ncc12. The minimum Gasteiger partial charge on any atom is -0.347 e. The molecule has 0 spiro atoms. The number of carbonyl (C=O) groups is 1. The molecule has 110 valence electrons. The van der Waals surface area contributed by atoms with Gasteiger partial charge >= 0.3 is 0 Å². The van der Waals surface area contributed by atoms with Gasteiger partial charge in [0.2, 0.25) is 0 Å². The zero-order valence-electron chi connectivity index (χ0n) is 12.2. The fraction of sp³-hybridized carbons (Fsp3) is 0.500. The number of hydrogen-bond donors (Lipinski definition) is 1. The Kier molecular flexibility index (Phi) is 2.96. The summed E-state index contributed by atoms with van der Waals surface area (Å²) in [6, 6.07) is 2.30. The number of hydrogen-bond acceptors (Lipinski definition) is 3. The van der Waals surface area contributed by atoms with E-state index in [4.69, 9.17) is 0 Å². The summed E-state index contributed by atoms with van der Waals surface area (Å²) in [6.07, 6.45) is 7.94.